The Morgan fingerprint density at radius 1 is 1.23 bits per heavy atom. The van der Waals surface area contributed by atoms with E-state index in [4.69, 9.17) is 4.74 Å². The lowest BCUT2D eigenvalue weighted by Crippen LogP contribution is -2.43. The number of nitrogens with zero attached hydrogens (tertiary/aromatic N) is 2. The molecule has 22 heavy (non-hydrogen) atoms. The second kappa shape index (κ2) is 6.58. The Kier molecular flexibility index (Phi) is 4.34. The van der Waals surface area contributed by atoms with Crippen LogP contribution < -0.4 is 10.2 Å². The third-order valence-corrected chi connectivity index (χ3v) is 3.77. The van der Waals surface area contributed by atoms with Gasteiger partial charge in [0, 0.05) is 41.9 Å². The molecule has 1 atom stereocenters. The molecule has 5 heteroatoms. The molecule has 1 aromatic heterocycles. The van der Waals surface area contributed by atoms with E-state index in [1.54, 1.807) is 24.5 Å². The number of carbonyl (C=O) groups is 1. The number of morpholine rings is 1. The van der Waals surface area contributed by atoms with Crippen LogP contribution in [0.25, 0.3) is 0 Å². The van der Waals surface area contributed by atoms with E-state index in [-0.39, 0.29) is 5.91 Å². The van der Waals surface area contributed by atoms with E-state index in [1.807, 2.05) is 24.3 Å². The quantitative estimate of drug-likeness (QED) is 0.946. The summed E-state index contributed by atoms with van der Waals surface area (Å²) in [5.74, 6) is -0.130. The SMILES string of the molecule is CC1COCCN1c1ccc(NC(=O)c2ccncc2)cc1. The fourth-order valence-electron chi connectivity index (χ4n) is 2.55. The van der Waals surface area contributed by atoms with E-state index in [2.05, 4.69) is 22.1 Å². The lowest BCUT2D eigenvalue weighted by molar-refractivity contribution is 0.0989. The topological polar surface area (TPSA) is 54.5 Å². The van der Waals surface area contributed by atoms with Crippen LogP contribution >= 0.6 is 0 Å². The summed E-state index contributed by atoms with van der Waals surface area (Å²) in [5, 5.41) is 2.89. The molecule has 1 aromatic carbocycles. The summed E-state index contributed by atoms with van der Waals surface area (Å²) in [7, 11) is 0. The van der Waals surface area contributed by atoms with Gasteiger partial charge in [-0.05, 0) is 43.3 Å². The Morgan fingerprint density at radius 2 is 1.95 bits per heavy atom. The molecule has 114 valence electrons. The van der Waals surface area contributed by atoms with Crippen LogP contribution in [0, 0.1) is 0 Å². The predicted molar refractivity (Wildman–Crippen MR) is 86.3 cm³/mol. The zero-order valence-electron chi connectivity index (χ0n) is 12.5. The van der Waals surface area contributed by atoms with Gasteiger partial charge in [0.05, 0.1) is 13.2 Å². The fraction of sp³-hybridized carbons (Fsp3) is 0.294. The van der Waals surface area contributed by atoms with Gasteiger partial charge in [-0.2, -0.15) is 0 Å². The number of ether oxygens (including phenoxy) is 1. The zero-order valence-corrected chi connectivity index (χ0v) is 12.5. The summed E-state index contributed by atoms with van der Waals surface area (Å²) in [4.78, 5) is 18.3. The number of hydrogen-bond donors (Lipinski definition) is 1. The monoisotopic (exact) mass is 297 g/mol. The smallest absolute Gasteiger partial charge is 0.255 e. The molecule has 0 bridgehead atoms. The van der Waals surface area contributed by atoms with Crippen LogP contribution in [-0.2, 0) is 4.74 Å². The zero-order chi connectivity index (χ0) is 15.4. The third-order valence-electron chi connectivity index (χ3n) is 3.77. The highest BCUT2D eigenvalue weighted by atomic mass is 16.5. The molecule has 5 nitrogen and oxygen atoms in total. The summed E-state index contributed by atoms with van der Waals surface area (Å²) >= 11 is 0. The van der Waals surface area contributed by atoms with Gasteiger partial charge in [0.2, 0.25) is 0 Å². The molecule has 2 heterocycles. The van der Waals surface area contributed by atoms with Crippen molar-refractivity contribution in [3.05, 3.63) is 54.4 Å². The molecule has 0 saturated carbocycles. The standard InChI is InChI=1S/C17H19N3O2/c1-13-12-22-11-10-20(13)16-4-2-15(3-5-16)19-17(21)14-6-8-18-9-7-14/h2-9,13H,10-12H2,1H3,(H,19,21). The van der Waals surface area contributed by atoms with E-state index in [0.717, 1.165) is 31.1 Å². The van der Waals surface area contributed by atoms with Crippen molar-refractivity contribution >= 4 is 17.3 Å². The van der Waals surface area contributed by atoms with Gasteiger partial charge < -0.3 is 15.0 Å². The van der Waals surface area contributed by atoms with E-state index < -0.39 is 0 Å². The molecule has 1 aliphatic rings. The molecule has 1 saturated heterocycles. The average Bonchev–Trinajstić information content (AvgIpc) is 2.57. The van der Waals surface area contributed by atoms with Crippen LogP contribution in [0.15, 0.2) is 48.8 Å². The third kappa shape index (κ3) is 3.26. The summed E-state index contributed by atoms with van der Waals surface area (Å²) < 4.78 is 5.46. The first-order valence-electron chi connectivity index (χ1n) is 7.40. The van der Waals surface area contributed by atoms with Gasteiger partial charge in [-0.25, -0.2) is 0 Å². The van der Waals surface area contributed by atoms with Crippen LogP contribution in [0.4, 0.5) is 11.4 Å². The summed E-state index contributed by atoms with van der Waals surface area (Å²) in [5.41, 5.74) is 2.53. The van der Waals surface area contributed by atoms with Crippen molar-refractivity contribution in [1.82, 2.24) is 4.98 Å². The maximum absolute atomic E-state index is 12.1. The second-order valence-electron chi connectivity index (χ2n) is 5.35. The van der Waals surface area contributed by atoms with E-state index >= 15 is 0 Å². The largest absolute Gasteiger partial charge is 0.377 e. The molecule has 0 radical (unpaired) electrons. The van der Waals surface area contributed by atoms with Gasteiger partial charge in [0.1, 0.15) is 0 Å². The van der Waals surface area contributed by atoms with Crippen molar-refractivity contribution in [3.63, 3.8) is 0 Å². The first kappa shape index (κ1) is 14.5. The van der Waals surface area contributed by atoms with Crippen molar-refractivity contribution in [2.24, 2.45) is 0 Å². The number of rotatable bonds is 3. The van der Waals surface area contributed by atoms with Crippen LogP contribution in [0.5, 0.6) is 0 Å². The number of pyridine rings is 1. The van der Waals surface area contributed by atoms with Gasteiger partial charge in [-0.1, -0.05) is 0 Å². The highest BCUT2D eigenvalue weighted by molar-refractivity contribution is 6.04. The van der Waals surface area contributed by atoms with Gasteiger partial charge in [-0.3, -0.25) is 9.78 Å². The van der Waals surface area contributed by atoms with Gasteiger partial charge in [0.25, 0.3) is 5.91 Å². The molecular weight excluding hydrogens is 278 g/mol. The fourth-order valence-corrected chi connectivity index (χ4v) is 2.55. The minimum atomic E-state index is -0.130. The van der Waals surface area contributed by atoms with E-state index in [9.17, 15) is 4.79 Å². The molecule has 3 rings (SSSR count). The van der Waals surface area contributed by atoms with Crippen molar-refractivity contribution in [1.29, 1.82) is 0 Å². The molecular formula is C17H19N3O2. The van der Waals surface area contributed by atoms with E-state index in [0.29, 0.717) is 11.6 Å². The van der Waals surface area contributed by atoms with Gasteiger partial charge in [-0.15, -0.1) is 0 Å². The molecule has 2 aromatic rings. The highest BCUT2D eigenvalue weighted by Gasteiger charge is 2.18. The Hall–Kier alpha value is -2.40. The van der Waals surface area contributed by atoms with Gasteiger partial charge >= 0.3 is 0 Å². The van der Waals surface area contributed by atoms with Crippen LogP contribution in [-0.4, -0.2) is 36.7 Å². The van der Waals surface area contributed by atoms with Crippen molar-refractivity contribution < 1.29 is 9.53 Å². The maximum atomic E-state index is 12.1. The number of anilines is 2. The Morgan fingerprint density at radius 3 is 2.64 bits per heavy atom. The molecule has 1 amide bonds. The second-order valence-corrected chi connectivity index (χ2v) is 5.35. The first-order valence-corrected chi connectivity index (χ1v) is 7.40. The number of aromatic nitrogens is 1. The van der Waals surface area contributed by atoms with Crippen molar-refractivity contribution in [3.8, 4) is 0 Å². The Bertz CT molecular complexity index is 628. The molecule has 0 spiro atoms. The first-order chi connectivity index (χ1) is 10.7. The minimum absolute atomic E-state index is 0.130. The lowest BCUT2D eigenvalue weighted by atomic mass is 10.2. The Labute approximate surface area is 129 Å². The van der Waals surface area contributed by atoms with Crippen LogP contribution in [0.2, 0.25) is 0 Å². The molecule has 1 fully saturated rings. The summed E-state index contributed by atoms with van der Waals surface area (Å²) in [6.45, 7) is 4.55. The highest BCUT2D eigenvalue weighted by Crippen LogP contribution is 2.22. The average molecular weight is 297 g/mol. The number of amides is 1. The van der Waals surface area contributed by atoms with Crippen molar-refractivity contribution in [2.45, 2.75) is 13.0 Å². The Balaban J connectivity index is 1.68. The van der Waals surface area contributed by atoms with Crippen LogP contribution in [0.1, 0.15) is 17.3 Å². The van der Waals surface area contributed by atoms with Crippen LogP contribution in [0.3, 0.4) is 0 Å². The summed E-state index contributed by atoms with van der Waals surface area (Å²) in [6, 6.07) is 11.7. The number of benzene rings is 1. The molecule has 1 N–H and O–H groups in total. The maximum Gasteiger partial charge on any atom is 0.255 e. The number of hydrogen-bond acceptors (Lipinski definition) is 4. The van der Waals surface area contributed by atoms with E-state index in [1.165, 1.54) is 0 Å². The number of nitrogens with one attached hydrogen (secondary N) is 1. The van der Waals surface area contributed by atoms with Crippen molar-refractivity contribution in [2.75, 3.05) is 30.0 Å². The lowest BCUT2D eigenvalue weighted by Gasteiger charge is -2.35. The predicted octanol–water partition coefficient (Wildman–Crippen LogP) is 2.56. The van der Waals surface area contributed by atoms with Gasteiger partial charge in [0.15, 0.2) is 0 Å². The summed E-state index contributed by atoms with van der Waals surface area (Å²) in [6.07, 6.45) is 3.22. The minimum Gasteiger partial charge on any atom is -0.377 e. The molecule has 0 aliphatic carbocycles. The molecule has 1 unspecified atom stereocenters. The number of carbonyl (C=O) groups excluding carboxylic acids is 1. The molecule has 1 aliphatic heterocycles. The normalized spacial score (nSPS) is 18.0.